The first-order valence-corrected chi connectivity index (χ1v) is 7.03. The molecule has 20 heavy (non-hydrogen) atoms. The first kappa shape index (κ1) is 14.6. The largest absolute Gasteiger partial charge is 0.380 e. The molecular formula is C16H15BrN2O. The molecule has 102 valence electrons. The van der Waals surface area contributed by atoms with Crippen LogP contribution in [0.1, 0.15) is 16.7 Å². The van der Waals surface area contributed by atoms with E-state index in [1.165, 1.54) is 0 Å². The lowest BCUT2D eigenvalue weighted by molar-refractivity contribution is 0.185. The molecule has 0 spiro atoms. The molecule has 0 aromatic heterocycles. The van der Waals surface area contributed by atoms with Crippen LogP contribution in [0, 0.1) is 11.3 Å². The number of hydrogen-bond acceptors (Lipinski definition) is 3. The number of nitrogens with one attached hydrogen (secondary N) is 1. The molecule has 4 heteroatoms. The summed E-state index contributed by atoms with van der Waals surface area (Å²) in [5, 5.41) is 12.5. The van der Waals surface area contributed by atoms with Gasteiger partial charge in [-0.15, -0.1) is 0 Å². The molecule has 2 aromatic rings. The zero-order valence-electron chi connectivity index (χ0n) is 11.2. The Balaban J connectivity index is 2.11. The van der Waals surface area contributed by atoms with Crippen LogP contribution in [0.25, 0.3) is 0 Å². The van der Waals surface area contributed by atoms with Gasteiger partial charge in [-0.3, -0.25) is 0 Å². The van der Waals surface area contributed by atoms with Gasteiger partial charge < -0.3 is 10.1 Å². The summed E-state index contributed by atoms with van der Waals surface area (Å²) in [7, 11) is 1.69. The van der Waals surface area contributed by atoms with E-state index in [2.05, 4.69) is 39.4 Å². The molecule has 0 fully saturated rings. The molecule has 0 saturated heterocycles. The fourth-order valence-corrected chi connectivity index (χ4v) is 2.43. The second kappa shape index (κ2) is 7.09. The number of halogens is 1. The van der Waals surface area contributed by atoms with Crippen LogP contribution >= 0.6 is 15.9 Å². The molecule has 0 radical (unpaired) electrons. The smallest absolute Gasteiger partial charge is 0.103 e. The molecule has 0 saturated carbocycles. The monoisotopic (exact) mass is 330 g/mol. The highest BCUT2D eigenvalue weighted by Gasteiger charge is 2.05. The van der Waals surface area contributed by atoms with Gasteiger partial charge in [0.15, 0.2) is 0 Å². The van der Waals surface area contributed by atoms with E-state index in [4.69, 9.17) is 4.74 Å². The predicted octanol–water partition coefficient (Wildman–Crippen LogP) is 4.08. The minimum atomic E-state index is 0.605. The van der Waals surface area contributed by atoms with Crippen molar-refractivity contribution in [3.63, 3.8) is 0 Å². The molecule has 2 aromatic carbocycles. The van der Waals surface area contributed by atoms with Crippen molar-refractivity contribution in [2.24, 2.45) is 0 Å². The van der Waals surface area contributed by atoms with Crippen molar-refractivity contribution in [1.29, 1.82) is 5.26 Å². The van der Waals surface area contributed by atoms with Gasteiger partial charge in [0.05, 0.1) is 17.9 Å². The van der Waals surface area contributed by atoms with Crippen LogP contribution in [0.15, 0.2) is 46.9 Å². The van der Waals surface area contributed by atoms with Gasteiger partial charge in [-0.05, 0) is 39.2 Å². The van der Waals surface area contributed by atoms with Crippen LogP contribution < -0.4 is 5.32 Å². The van der Waals surface area contributed by atoms with Gasteiger partial charge in [-0.2, -0.15) is 5.26 Å². The third-order valence-corrected chi connectivity index (χ3v) is 3.57. The van der Waals surface area contributed by atoms with Crippen LogP contribution in [0.3, 0.4) is 0 Å². The number of nitrogens with zero attached hydrogens (tertiary/aromatic N) is 1. The highest BCUT2D eigenvalue weighted by molar-refractivity contribution is 9.10. The lowest BCUT2D eigenvalue weighted by Crippen LogP contribution is -2.02. The molecule has 0 atom stereocenters. The van der Waals surface area contributed by atoms with E-state index in [1.807, 2.05) is 30.3 Å². The molecule has 0 amide bonds. The van der Waals surface area contributed by atoms with E-state index in [0.29, 0.717) is 18.7 Å². The van der Waals surface area contributed by atoms with E-state index in [0.717, 1.165) is 21.3 Å². The van der Waals surface area contributed by atoms with Gasteiger partial charge in [0.25, 0.3) is 0 Å². The Kier molecular flexibility index (Phi) is 5.16. The summed E-state index contributed by atoms with van der Waals surface area (Å²) < 4.78 is 5.93. The highest BCUT2D eigenvalue weighted by atomic mass is 79.9. The van der Waals surface area contributed by atoms with Gasteiger partial charge in [0, 0.05) is 18.1 Å². The zero-order chi connectivity index (χ0) is 14.4. The van der Waals surface area contributed by atoms with Gasteiger partial charge in [0.2, 0.25) is 0 Å². The summed E-state index contributed by atoms with van der Waals surface area (Å²) in [5.41, 5.74) is 3.75. The molecule has 0 unspecified atom stereocenters. The average Bonchev–Trinajstić information content (AvgIpc) is 2.46. The number of hydrogen-bond donors (Lipinski definition) is 1. The van der Waals surface area contributed by atoms with Crippen LogP contribution in [0.5, 0.6) is 0 Å². The lowest BCUT2D eigenvalue weighted by Gasteiger charge is -2.10. The van der Waals surface area contributed by atoms with E-state index in [9.17, 15) is 5.26 Å². The summed E-state index contributed by atoms with van der Waals surface area (Å²) in [6, 6.07) is 16.1. The molecule has 3 nitrogen and oxygen atoms in total. The molecule has 0 aliphatic rings. The molecular weight excluding hydrogens is 316 g/mol. The number of methoxy groups -OCH3 is 1. The maximum absolute atomic E-state index is 9.17. The molecule has 2 rings (SSSR count). The van der Waals surface area contributed by atoms with Crippen LogP contribution in [0.4, 0.5) is 5.69 Å². The number of ether oxygens (including phenoxy) is 1. The maximum Gasteiger partial charge on any atom is 0.103 e. The average molecular weight is 331 g/mol. The van der Waals surface area contributed by atoms with Crippen molar-refractivity contribution in [3.05, 3.63) is 63.6 Å². The number of benzene rings is 2. The molecule has 0 aliphatic carbocycles. The Morgan fingerprint density at radius 1 is 1.20 bits per heavy atom. The third kappa shape index (κ3) is 3.60. The topological polar surface area (TPSA) is 45.0 Å². The minimum absolute atomic E-state index is 0.605. The van der Waals surface area contributed by atoms with E-state index in [-0.39, 0.29) is 0 Å². The quantitative estimate of drug-likeness (QED) is 0.898. The van der Waals surface area contributed by atoms with Crippen molar-refractivity contribution < 1.29 is 4.74 Å². The van der Waals surface area contributed by atoms with E-state index < -0.39 is 0 Å². The Hall–Kier alpha value is -1.83. The van der Waals surface area contributed by atoms with Gasteiger partial charge in [0.1, 0.15) is 6.07 Å². The molecule has 0 bridgehead atoms. The van der Waals surface area contributed by atoms with Crippen LogP contribution in [0.2, 0.25) is 0 Å². The second-order valence-electron chi connectivity index (χ2n) is 4.38. The Labute approximate surface area is 127 Å². The minimum Gasteiger partial charge on any atom is -0.380 e. The third-order valence-electron chi connectivity index (χ3n) is 2.91. The van der Waals surface area contributed by atoms with Gasteiger partial charge >= 0.3 is 0 Å². The van der Waals surface area contributed by atoms with E-state index >= 15 is 0 Å². The maximum atomic E-state index is 9.17. The SMILES string of the molecule is COCc1cccc(CNc2cccc(Br)c2C#N)c1. The van der Waals surface area contributed by atoms with Crippen molar-refractivity contribution >= 4 is 21.6 Å². The first-order valence-electron chi connectivity index (χ1n) is 6.24. The summed E-state index contributed by atoms with van der Waals surface area (Å²) >= 11 is 3.39. The van der Waals surface area contributed by atoms with Gasteiger partial charge in [-0.1, -0.05) is 30.3 Å². The predicted molar refractivity (Wildman–Crippen MR) is 83.3 cm³/mol. The van der Waals surface area contributed by atoms with Crippen LogP contribution in [-0.4, -0.2) is 7.11 Å². The van der Waals surface area contributed by atoms with Gasteiger partial charge in [-0.25, -0.2) is 0 Å². The fourth-order valence-electron chi connectivity index (χ4n) is 1.98. The van der Waals surface area contributed by atoms with Crippen LogP contribution in [-0.2, 0) is 17.9 Å². The number of nitriles is 1. The lowest BCUT2D eigenvalue weighted by atomic mass is 10.1. The summed E-state index contributed by atoms with van der Waals surface area (Å²) in [6.07, 6.45) is 0. The first-order chi connectivity index (χ1) is 9.74. The molecule has 0 heterocycles. The summed E-state index contributed by atoms with van der Waals surface area (Å²) in [6.45, 7) is 1.27. The number of rotatable bonds is 5. The summed E-state index contributed by atoms with van der Waals surface area (Å²) in [5.74, 6) is 0. The van der Waals surface area contributed by atoms with Crippen molar-refractivity contribution in [2.75, 3.05) is 12.4 Å². The normalized spacial score (nSPS) is 10.1. The van der Waals surface area contributed by atoms with Crippen molar-refractivity contribution in [1.82, 2.24) is 0 Å². The Bertz CT molecular complexity index is 635. The fraction of sp³-hybridized carbons (Fsp3) is 0.188. The van der Waals surface area contributed by atoms with E-state index in [1.54, 1.807) is 7.11 Å². The van der Waals surface area contributed by atoms with Crippen molar-refractivity contribution in [3.8, 4) is 6.07 Å². The zero-order valence-corrected chi connectivity index (χ0v) is 12.8. The highest BCUT2D eigenvalue weighted by Crippen LogP contribution is 2.24. The standard InChI is InChI=1S/C16H15BrN2O/c1-20-11-13-5-2-4-12(8-13)10-19-16-7-3-6-15(17)14(16)9-18/h2-8,19H,10-11H2,1H3. The molecule has 0 aliphatic heterocycles. The van der Waals surface area contributed by atoms with Crippen molar-refractivity contribution in [2.45, 2.75) is 13.2 Å². The summed E-state index contributed by atoms with van der Waals surface area (Å²) in [4.78, 5) is 0. The number of anilines is 1. The molecule has 1 N–H and O–H groups in total. The second-order valence-corrected chi connectivity index (χ2v) is 5.24. The Morgan fingerprint density at radius 3 is 2.70 bits per heavy atom. The Morgan fingerprint density at radius 2 is 1.95 bits per heavy atom.